The maximum absolute atomic E-state index is 10.1. The van der Waals surface area contributed by atoms with Gasteiger partial charge in [-0.1, -0.05) is 12.1 Å². The molecule has 2 unspecified atom stereocenters. The van der Waals surface area contributed by atoms with Crippen molar-refractivity contribution in [1.82, 2.24) is 10.6 Å². The summed E-state index contributed by atoms with van der Waals surface area (Å²) in [5, 5.41) is 26.6. The molecule has 0 radical (unpaired) electrons. The Kier molecular flexibility index (Phi) is 10.2. The molecule has 2 heterocycles. The molecule has 2 aromatic carbocycles. The zero-order chi connectivity index (χ0) is 26.6. The number of β-amino-alcohol motifs (C(OH)–C–C–N with tert-alkyl or cyclic N) is 2. The normalized spacial score (nSPS) is 24.3. The summed E-state index contributed by atoms with van der Waals surface area (Å²) in [4.78, 5) is 0. The Morgan fingerprint density at radius 2 is 0.944 bits per heavy atom. The van der Waals surface area contributed by atoms with Crippen molar-refractivity contribution >= 4 is 0 Å². The van der Waals surface area contributed by atoms with Crippen LogP contribution < -0.4 is 10.6 Å². The Labute approximate surface area is 219 Å². The molecule has 0 amide bonds. The van der Waals surface area contributed by atoms with Gasteiger partial charge in [-0.25, -0.2) is 0 Å². The van der Waals surface area contributed by atoms with Crippen LogP contribution in [-0.4, -0.2) is 48.6 Å². The van der Waals surface area contributed by atoms with Crippen LogP contribution in [0.15, 0.2) is 12.1 Å². The largest absolute Gasteiger partial charge is 0.392 e. The van der Waals surface area contributed by atoms with E-state index in [4.69, 9.17) is 0 Å². The third-order valence-electron chi connectivity index (χ3n) is 9.32. The highest BCUT2D eigenvalue weighted by Gasteiger charge is 2.25. The van der Waals surface area contributed by atoms with E-state index in [-0.39, 0.29) is 12.2 Å². The number of benzene rings is 2. The van der Waals surface area contributed by atoms with Crippen LogP contribution in [-0.2, 0) is 12.8 Å². The predicted molar refractivity (Wildman–Crippen MR) is 152 cm³/mol. The standard InChI is InChI=1S/2C16H25NO/c2*1-10-7-15(13(4)12(3)11(10)2)8-14-5-6-17-9-16(14)18/h2*7,14,16-18H,5-6,8-9H2,1-4H3/t14-,16-;/m1./s1. The first kappa shape index (κ1) is 28.8. The Balaban J connectivity index is 0.000000201. The molecule has 4 N–H and O–H groups in total. The number of aliphatic hydroxyl groups excluding tert-OH is 2. The fourth-order valence-corrected chi connectivity index (χ4v) is 5.85. The smallest absolute Gasteiger partial charge is 0.0696 e. The lowest BCUT2D eigenvalue weighted by Crippen LogP contribution is -2.41. The third kappa shape index (κ3) is 6.77. The third-order valence-corrected chi connectivity index (χ3v) is 9.32. The highest BCUT2D eigenvalue weighted by molar-refractivity contribution is 5.44. The van der Waals surface area contributed by atoms with Crippen LogP contribution in [0.5, 0.6) is 0 Å². The molecule has 36 heavy (non-hydrogen) atoms. The minimum Gasteiger partial charge on any atom is -0.392 e. The van der Waals surface area contributed by atoms with Crippen molar-refractivity contribution in [3.63, 3.8) is 0 Å². The first-order valence-electron chi connectivity index (χ1n) is 13.9. The van der Waals surface area contributed by atoms with Crippen LogP contribution in [0, 0.1) is 67.2 Å². The highest BCUT2D eigenvalue weighted by atomic mass is 16.3. The number of aliphatic hydroxyl groups is 2. The zero-order valence-corrected chi connectivity index (χ0v) is 24.0. The first-order chi connectivity index (χ1) is 17.0. The van der Waals surface area contributed by atoms with E-state index in [1.807, 2.05) is 0 Å². The van der Waals surface area contributed by atoms with Crippen LogP contribution in [0.4, 0.5) is 0 Å². The van der Waals surface area contributed by atoms with Gasteiger partial charge in [-0.05, 0) is 162 Å². The minimum absolute atomic E-state index is 0.194. The van der Waals surface area contributed by atoms with Crippen LogP contribution in [0.25, 0.3) is 0 Å². The van der Waals surface area contributed by atoms with E-state index in [0.717, 1.165) is 51.9 Å². The molecular weight excluding hydrogens is 444 g/mol. The van der Waals surface area contributed by atoms with Gasteiger partial charge in [0.2, 0.25) is 0 Å². The molecule has 4 atom stereocenters. The van der Waals surface area contributed by atoms with Gasteiger partial charge in [-0.15, -0.1) is 0 Å². The fraction of sp³-hybridized carbons (Fsp3) is 0.625. The molecule has 4 rings (SSSR count). The molecule has 0 bridgehead atoms. The van der Waals surface area contributed by atoms with Crippen molar-refractivity contribution in [2.75, 3.05) is 26.2 Å². The van der Waals surface area contributed by atoms with E-state index in [1.165, 1.54) is 55.6 Å². The molecule has 2 saturated heterocycles. The lowest BCUT2D eigenvalue weighted by Gasteiger charge is -2.29. The van der Waals surface area contributed by atoms with E-state index in [2.05, 4.69) is 78.2 Å². The van der Waals surface area contributed by atoms with Crippen molar-refractivity contribution in [3.05, 3.63) is 67.8 Å². The lowest BCUT2D eigenvalue weighted by molar-refractivity contribution is 0.0818. The average molecular weight is 495 g/mol. The van der Waals surface area contributed by atoms with E-state index in [9.17, 15) is 10.2 Å². The molecule has 2 aliphatic rings. The number of nitrogens with one attached hydrogen (secondary N) is 2. The zero-order valence-electron chi connectivity index (χ0n) is 24.0. The second kappa shape index (κ2) is 12.7. The van der Waals surface area contributed by atoms with Gasteiger partial charge in [-0.2, -0.15) is 0 Å². The summed E-state index contributed by atoms with van der Waals surface area (Å²) in [6, 6.07) is 4.62. The Morgan fingerprint density at radius 1 is 0.583 bits per heavy atom. The van der Waals surface area contributed by atoms with Crippen LogP contribution >= 0.6 is 0 Å². The van der Waals surface area contributed by atoms with Crippen molar-refractivity contribution in [2.24, 2.45) is 11.8 Å². The van der Waals surface area contributed by atoms with Crippen molar-refractivity contribution < 1.29 is 10.2 Å². The topological polar surface area (TPSA) is 64.5 Å². The maximum Gasteiger partial charge on any atom is 0.0696 e. The quantitative estimate of drug-likeness (QED) is 0.490. The second-order valence-corrected chi connectivity index (χ2v) is 11.5. The molecule has 2 aliphatic heterocycles. The van der Waals surface area contributed by atoms with Gasteiger partial charge in [0.15, 0.2) is 0 Å². The Hall–Kier alpha value is -1.72. The van der Waals surface area contributed by atoms with Crippen molar-refractivity contribution in [3.8, 4) is 0 Å². The molecule has 4 nitrogen and oxygen atoms in total. The molecule has 0 aromatic heterocycles. The molecule has 0 spiro atoms. The molecule has 200 valence electrons. The molecule has 4 heteroatoms. The van der Waals surface area contributed by atoms with Crippen molar-refractivity contribution in [2.45, 2.75) is 93.3 Å². The maximum atomic E-state index is 10.1. The summed E-state index contributed by atoms with van der Waals surface area (Å²) >= 11 is 0. The molecule has 2 fully saturated rings. The predicted octanol–water partition coefficient (Wildman–Crippen LogP) is 4.87. The first-order valence-corrected chi connectivity index (χ1v) is 13.9. The number of piperidine rings is 2. The van der Waals surface area contributed by atoms with Gasteiger partial charge in [0.05, 0.1) is 12.2 Å². The number of hydrogen-bond acceptors (Lipinski definition) is 4. The Bertz CT molecular complexity index is 962. The monoisotopic (exact) mass is 494 g/mol. The van der Waals surface area contributed by atoms with Crippen LogP contribution in [0.3, 0.4) is 0 Å². The average Bonchev–Trinajstić information content (AvgIpc) is 2.86. The van der Waals surface area contributed by atoms with Gasteiger partial charge >= 0.3 is 0 Å². The minimum atomic E-state index is -0.194. The number of aryl methyl sites for hydroxylation is 2. The summed E-state index contributed by atoms with van der Waals surface area (Å²) in [6.07, 6.45) is 3.78. The van der Waals surface area contributed by atoms with Gasteiger partial charge in [0.1, 0.15) is 0 Å². The molecule has 2 aromatic rings. The SMILES string of the molecule is Cc1cc(CC2CCNCC2O)c(C)c(C)c1C.Cc1cc(C[C@H]2CCNC[C@H]2O)c(C)c(C)c1C. The van der Waals surface area contributed by atoms with E-state index < -0.39 is 0 Å². The highest BCUT2D eigenvalue weighted by Crippen LogP contribution is 2.27. The Morgan fingerprint density at radius 3 is 1.28 bits per heavy atom. The van der Waals surface area contributed by atoms with Gasteiger partial charge in [-0.3, -0.25) is 0 Å². The van der Waals surface area contributed by atoms with E-state index in [0.29, 0.717) is 11.8 Å². The van der Waals surface area contributed by atoms with Gasteiger partial charge < -0.3 is 20.8 Å². The van der Waals surface area contributed by atoms with Crippen LogP contribution in [0.1, 0.15) is 68.5 Å². The fourth-order valence-electron chi connectivity index (χ4n) is 5.85. The summed E-state index contributed by atoms with van der Waals surface area (Å²) in [7, 11) is 0. The summed E-state index contributed by atoms with van der Waals surface area (Å²) < 4.78 is 0. The molecular formula is C32H50N2O2. The summed E-state index contributed by atoms with van der Waals surface area (Å²) in [6.45, 7) is 21.2. The summed E-state index contributed by atoms with van der Waals surface area (Å²) in [5.41, 5.74) is 14.0. The summed E-state index contributed by atoms with van der Waals surface area (Å²) in [5.74, 6) is 0.818. The second-order valence-electron chi connectivity index (χ2n) is 11.5. The van der Waals surface area contributed by atoms with Crippen molar-refractivity contribution in [1.29, 1.82) is 0 Å². The number of rotatable bonds is 4. The van der Waals surface area contributed by atoms with Gasteiger partial charge in [0.25, 0.3) is 0 Å². The van der Waals surface area contributed by atoms with Crippen LogP contribution in [0.2, 0.25) is 0 Å². The lowest BCUT2D eigenvalue weighted by atomic mass is 9.84. The molecule has 0 aliphatic carbocycles. The van der Waals surface area contributed by atoms with Gasteiger partial charge in [0, 0.05) is 13.1 Å². The number of hydrogen-bond donors (Lipinski definition) is 4. The molecule has 0 saturated carbocycles. The van der Waals surface area contributed by atoms with E-state index >= 15 is 0 Å². The van der Waals surface area contributed by atoms with E-state index in [1.54, 1.807) is 0 Å².